The average Bonchev–Trinajstić information content (AvgIpc) is 2.74. The molecule has 17 heavy (non-hydrogen) atoms. The molecule has 1 aliphatic rings. The van der Waals surface area contributed by atoms with Gasteiger partial charge in [-0.05, 0) is 49.6 Å². The van der Waals surface area contributed by atoms with Crippen LogP contribution in [0.15, 0.2) is 11.4 Å². The molecule has 2 rings (SSSR count). The summed E-state index contributed by atoms with van der Waals surface area (Å²) in [5.74, 6) is 0.420. The summed E-state index contributed by atoms with van der Waals surface area (Å²) in [6.07, 6.45) is 3.84. The highest BCUT2D eigenvalue weighted by Crippen LogP contribution is 2.30. The van der Waals surface area contributed by atoms with Crippen molar-refractivity contribution < 1.29 is 4.79 Å². The third kappa shape index (κ3) is 2.69. The molecule has 94 valence electrons. The van der Waals surface area contributed by atoms with Crippen molar-refractivity contribution in [2.45, 2.75) is 38.6 Å². The number of aryl methyl sites for hydroxylation is 1. The zero-order valence-corrected chi connectivity index (χ0v) is 11.3. The molecule has 1 fully saturated rings. The Morgan fingerprint density at radius 2 is 2.06 bits per heavy atom. The van der Waals surface area contributed by atoms with Gasteiger partial charge < -0.3 is 10.6 Å². The minimum absolute atomic E-state index is 0.168. The van der Waals surface area contributed by atoms with Crippen LogP contribution in [0, 0.1) is 12.8 Å². The van der Waals surface area contributed by atoms with Gasteiger partial charge in [-0.15, -0.1) is 11.3 Å². The van der Waals surface area contributed by atoms with E-state index in [4.69, 9.17) is 5.73 Å². The fourth-order valence-corrected chi connectivity index (χ4v) is 3.35. The smallest absolute Gasteiger partial charge is 0.230 e. The molecule has 1 heterocycles. The molecule has 3 nitrogen and oxygen atoms in total. The van der Waals surface area contributed by atoms with E-state index in [9.17, 15) is 4.79 Å². The topological polar surface area (TPSA) is 46.3 Å². The van der Waals surface area contributed by atoms with Crippen LogP contribution in [0.1, 0.15) is 31.2 Å². The van der Waals surface area contributed by atoms with E-state index >= 15 is 0 Å². The van der Waals surface area contributed by atoms with Gasteiger partial charge in [0.05, 0.1) is 0 Å². The zero-order valence-electron chi connectivity index (χ0n) is 10.5. The van der Waals surface area contributed by atoms with E-state index in [1.165, 1.54) is 5.56 Å². The van der Waals surface area contributed by atoms with Gasteiger partial charge in [0.15, 0.2) is 0 Å². The van der Waals surface area contributed by atoms with Crippen LogP contribution in [-0.2, 0) is 4.79 Å². The molecule has 1 aromatic rings. The largest absolute Gasteiger partial charge is 0.328 e. The molecule has 0 unspecified atom stereocenters. The van der Waals surface area contributed by atoms with Gasteiger partial charge in [-0.3, -0.25) is 4.79 Å². The van der Waals surface area contributed by atoms with E-state index in [1.54, 1.807) is 11.3 Å². The van der Waals surface area contributed by atoms with Gasteiger partial charge in [0.1, 0.15) is 5.00 Å². The quantitative estimate of drug-likeness (QED) is 0.879. The van der Waals surface area contributed by atoms with E-state index < -0.39 is 0 Å². The normalized spacial score (nSPS) is 24.6. The van der Waals surface area contributed by atoms with Crippen molar-refractivity contribution in [2.24, 2.45) is 11.7 Å². The lowest BCUT2D eigenvalue weighted by molar-refractivity contribution is -0.123. The zero-order chi connectivity index (χ0) is 12.4. The Balaban J connectivity index is 2.03. The SMILES string of the molecule is Cc1ccsc1N(C)C(=O)C1CCC(N)CC1. The van der Waals surface area contributed by atoms with Crippen molar-refractivity contribution in [3.63, 3.8) is 0 Å². The maximum absolute atomic E-state index is 12.3. The average molecular weight is 252 g/mol. The van der Waals surface area contributed by atoms with Gasteiger partial charge in [-0.1, -0.05) is 0 Å². The Labute approximate surface area is 107 Å². The van der Waals surface area contributed by atoms with Crippen LogP contribution in [0.25, 0.3) is 0 Å². The molecule has 0 atom stereocenters. The number of nitrogens with zero attached hydrogens (tertiary/aromatic N) is 1. The van der Waals surface area contributed by atoms with E-state index in [-0.39, 0.29) is 11.8 Å². The van der Waals surface area contributed by atoms with Gasteiger partial charge in [-0.25, -0.2) is 0 Å². The summed E-state index contributed by atoms with van der Waals surface area (Å²) >= 11 is 1.63. The third-order valence-electron chi connectivity index (χ3n) is 3.59. The van der Waals surface area contributed by atoms with E-state index in [2.05, 4.69) is 6.07 Å². The molecule has 0 bridgehead atoms. The van der Waals surface area contributed by atoms with Crippen molar-refractivity contribution in [2.75, 3.05) is 11.9 Å². The second kappa shape index (κ2) is 5.19. The van der Waals surface area contributed by atoms with Gasteiger partial charge >= 0.3 is 0 Å². The van der Waals surface area contributed by atoms with Crippen LogP contribution in [0.5, 0.6) is 0 Å². The molecule has 0 spiro atoms. The predicted molar refractivity (Wildman–Crippen MR) is 72.4 cm³/mol. The summed E-state index contributed by atoms with van der Waals surface area (Å²) in [6, 6.07) is 2.36. The number of thiophene rings is 1. The summed E-state index contributed by atoms with van der Waals surface area (Å²) < 4.78 is 0. The number of hydrogen-bond acceptors (Lipinski definition) is 3. The second-order valence-corrected chi connectivity index (χ2v) is 5.81. The summed E-state index contributed by atoms with van der Waals surface area (Å²) in [4.78, 5) is 14.2. The predicted octanol–water partition coefficient (Wildman–Crippen LogP) is 2.54. The van der Waals surface area contributed by atoms with Crippen molar-refractivity contribution in [3.8, 4) is 0 Å². The van der Waals surface area contributed by atoms with Crippen LogP contribution in [0.3, 0.4) is 0 Å². The van der Waals surface area contributed by atoms with Crippen molar-refractivity contribution in [3.05, 3.63) is 17.0 Å². The van der Waals surface area contributed by atoms with Crippen LogP contribution in [0.2, 0.25) is 0 Å². The molecule has 1 saturated carbocycles. The molecule has 0 saturated heterocycles. The monoisotopic (exact) mass is 252 g/mol. The number of carbonyl (C=O) groups is 1. The Bertz CT molecular complexity index is 394. The number of nitrogens with two attached hydrogens (primary N) is 1. The first-order valence-corrected chi connectivity index (χ1v) is 7.05. The lowest BCUT2D eigenvalue weighted by Crippen LogP contribution is -2.37. The van der Waals surface area contributed by atoms with Gasteiger partial charge in [0.2, 0.25) is 5.91 Å². The fraction of sp³-hybridized carbons (Fsp3) is 0.615. The molecular formula is C13H20N2OS. The highest BCUT2D eigenvalue weighted by Gasteiger charge is 2.28. The van der Waals surface area contributed by atoms with E-state index in [0.29, 0.717) is 6.04 Å². The minimum Gasteiger partial charge on any atom is -0.328 e. The fourth-order valence-electron chi connectivity index (χ4n) is 2.45. The molecule has 0 aliphatic heterocycles. The van der Waals surface area contributed by atoms with Gasteiger partial charge in [-0.2, -0.15) is 0 Å². The molecule has 1 aromatic heterocycles. The lowest BCUT2D eigenvalue weighted by atomic mass is 9.85. The number of carbonyl (C=O) groups excluding carboxylic acids is 1. The highest BCUT2D eigenvalue weighted by molar-refractivity contribution is 7.14. The Morgan fingerprint density at radius 1 is 1.41 bits per heavy atom. The number of amides is 1. The van der Waals surface area contributed by atoms with Crippen molar-refractivity contribution in [1.82, 2.24) is 0 Å². The van der Waals surface area contributed by atoms with Crippen molar-refractivity contribution in [1.29, 1.82) is 0 Å². The molecule has 1 aliphatic carbocycles. The lowest BCUT2D eigenvalue weighted by Gasteiger charge is -2.28. The van der Waals surface area contributed by atoms with E-state index in [0.717, 1.165) is 30.7 Å². The summed E-state index contributed by atoms with van der Waals surface area (Å²) in [7, 11) is 1.88. The molecule has 0 radical (unpaired) electrons. The van der Waals surface area contributed by atoms with Crippen LogP contribution in [-0.4, -0.2) is 19.0 Å². The maximum atomic E-state index is 12.3. The number of hydrogen-bond donors (Lipinski definition) is 1. The third-order valence-corrected chi connectivity index (χ3v) is 4.68. The number of rotatable bonds is 2. The van der Waals surface area contributed by atoms with Crippen LogP contribution < -0.4 is 10.6 Å². The molecule has 0 aromatic carbocycles. The Hall–Kier alpha value is -0.870. The minimum atomic E-state index is 0.168. The summed E-state index contributed by atoms with van der Waals surface area (Å²) in [5, 5.41) is 3.11. The molecule has 1 amide bonds. The molecular weight excluding hydrogens is 232 g/mol. The number of anilines is 1. The maximum Gasteiger partial charge on any atom is 0.230 e. The summed E-state index contributed by atoms with van der Waals surface area (Å²) in [6.45, 7) is 2.05. The first-order valence-electron chi connectivity index (χ1n) is 6.17. The van der Waals surface area contributed by atoms with Gasteiger partial charge in [0.25, 0.3) is 0 Å². The summed E-state index contributed by atoms with van der Waals surface area (Å²) in [5.41, 5.74) is 7.05. The molecule has 2 N–H and O–H groups in total. The van der Waals surface area contributed by atoms with Gasteiger partial charge in [0, 0.05) is 19.0 Å². The Kier molecular flexibility index (Phi) is 3.84. The van der Waals surface area contributed by atoms with Crippen LogP contribution in [0.4, 0.5) is 5.00 Å². The first kappa shape index (κ1) is 12.6. The second-order valence-electron chi connectivity index (χ2n) is 4.92. The van der Waals surface area contributed by atoms with Crippen LogP contribution >= 0.6 is 11.3 Å². The highest BCUT2D eigenvalue weighted by atomic mass is 32.1. The standard InChI is InChI=1S/C13H20N2OS/c1-9-7-8-17-13(9)15(2)12(16)10-3-5-11(14)6-4-10/h7-8,10-11H,3-6,14H2,1-2H3. The van der Waals surface area contributed by atoms with Crippen molar-refractivity contribution >= 4 is 22.2 Å². The Morgan fingerprint density at radius 3 is 2.59 bits per heavy atom. The first-order chi connectivity index (χ1) is 8.09. The van der Waals surface area contributed by atoms with E-state index in [1.807, 2.05) is 24.3 Å². The molecule has 4 heteroatoms.